The molecule has 0 unspecified atom stereocenters. The Bertz CT molecular complexity index is 43.8. The van der Waals surface area contributed by atoms with Crippen LogP contribution in [0.4, 0.5) is 4.39 Å². The van der Waals surface area contributed by atoms with Gasteiger partial charge in [0, 0.05) is 6.04 Å². The monoisotopic (exact) mass is 119 g/mol. The normalized spacial score (nSPS) is 13.9. The van der Waals surface area contributed by atoms with Crippen molar-refractivity contribution in [2.45, 2.75) is 25.8 Å². The van der Waals surface area contributed by atoms with Crippen LogP contribution in [-0.4, -0.2) is 19.8 Å². The summed E-state index contributed by atoms with van der Waals surface area (Å²) in [6, 6.07) is 0.0833. The summed E-state index contributed by atoms with van der Waals surface area (Å²) in [7, 11) is 1.79. The smallest absolute Gasteiger partial charge is 0.105 e. The minimum atomic E-state index is -0.246. The highest BCUT2D eigenvalue weighted by Crippen LogP contribution is 1.94. The third kappa shape index (κ3) is 2.97. The Morgan fingerprint density at radius 3 is 2.38 bits per heavy atom. The molecule has 8 heavy (non-hydrogen) atoms. The first-order valence-corrected chi connectivity index (χ1v) is 3.08. The highest BCUT2D eigenvalue weighted by atomic mass is 19.1. The van der Waals surface area contributed by atoms with Crippen molar-refractivity contribution in [2.75, 3.05) is 13.7 Å². The summed E-state index contributed by atoms with van der Waals surface area (Å²) in [6.07, 6.45) is 1.99. The minimum Gasteiger partial charge on any atom is -0.314 e. The molecular formula is C6H14FN. The zero-order chi connectivity index (χ0) is 6.41. The van der Waals surface area contributed by atoms with E-state index in [0.29, 0.717) is 0 Å². The highest BCUT2D eigenvalue weighted by molar-refractivity contribution is 4.59. The average Bonchev–Trinajstić information content (AvgIpc) is 1.83. The van der Waals surface area contributed by atoms with Crippen LogP contribution in [0.1, 0.15) is 19.8 Å². The molecule has 0 saturated heterocycles. The summed E-state index contributed by atoms with van der Waals surface area (Å²) in [6.45, 7) is 1.81. The van der Waals surface area contributed by atoms with Crippen molar-refractivity contribution in [1.82, 2.24) is 5.32 Å². The third-order valence-electron chi connectivity index (χ3n) is 1.23. The van der Waals surface area contributed by atoms with E-state index in [1.807, 2.05) is 0 Å². The van der Waals surface area contributed by atoms with Gasteiger partial charge in [0.25, 0.3) is 0 Å². The van der Waals surface area contributed by atoms with Crippen LogP contribution in [0.25, 0.3) is 0 Å². The van der Waals surface area contributed by atoms with E-state index in [1.165, 1.54) is 0 Å². The molecule has 0 aromatic carbocycles. The fraction of sp³-hybridized carbons (Fsp3) is 1.00. The highest BCUT2D eigenvalue weighted by Gasteiger charge is 2.00. The second kappa shape index (κ2) is 5.04. The lowest BCUT2D eigenvalue weighted by molar-refractivity contribution is 0.373. The van der Waals surface area contributed by atoms with Crippen molar-refractivity contribution in [3.05, 3.63) is 0 Å². The Hall–Kier alpha value is -0.110. The molecule has 0 fully saturated rings. The summed E-state index contributed by atoms with van der Waals surface area (Å²) in [5.74, 6) is 0. The van der Waals surface area contributed by atoms with E-state index in [-0.39, 0.29) is 12.7 Å². The van der Waals surface area contributed by atoms with E-state index >= 15 is 0 Å². The Morgan fingerprint density at radius 1 is 1.62 bits per heavy atom. The number of hydrogen-bond acceptors (Lipinski definition) is 1. The predicted molar refractivity (Wildman–Crippen MR) is 33.7 cm³/mol. The Kier molecular flexibility index (Phi) is 4.97. The summed E-state index contributed by atoms with van der Waals surface area (Å²) >= 11 is 0. The van der Waals surface area contributed by atoms with E-state index < -0.39 is 0 Å². The van der Waals surface area contributed by atoms with Crippen LogP contribution in [0.15, 0.2) is 0 Å². The summed E-state index contributed by atoms with van der Waals surface area (Å²) in [5, 5.41) is 2.88. The standard InChI is InChI=1S/C6H14FN/c1-3-4-6(5-7)8-2/h6,8H,3-5H2,1-2H3/t6-/m1/s1. The molecule has 0 amide bonds. The fourth-order valence-corrected chi connectivity index (χ4v) is 0.647. The molecule has 1 nitrogen and oxygen atoms in total. The van der Waals surface area contributed by atoms with Crippen LogP contribution >= 0.6 is 0 Å². The predicted octanol–water partition coefficient (Wildman–Crippen LogP) is 1.34. The lowest BCUT2D eigenvalue weighted by Gasteiger charge is -2.08. The maximum atomic E-state index is 11.8. The third-order valence-corrected chi connectivity index (χ3v) is 1.23. The van der Waals surface area contributed by atoms with Crippen LogP contribution in [0.3, 0.4) is 0 Å². The lowest BCUT2D eigenvalue weighted by Crippen LogP contribution is -2.26. The van der Waals surface area contributed by atoms with Crippen LogP contribution in [0.5, 0.6) is 0 Å². The van der Waals surface area contributed by atoms with E-state index in [2.05, 4.69) is 12.2 Å². The summed E-state index contributed by atoms with van der Waals surface area (Å²) < 4.78 is 11.8. The van der Waals surface area contributed by atoms with Gasteiger partial charge in [-0.2, -0.15) is 0 Å². The van der Waals surface area contributed by atoms with Crippen molar-refractivity contribution in [2.24, 2.45) is 0 Å². The van der Waals surface area contributed by atoms with Crippen LogP contribution < -0.4 is 5.32 Å². The van der Waals surface area contributed by atoms with Gasteiger partial charge in [-0.1, -0.05) is 13.3 Å². The minimum absolute atomic E-state index is 0.0833. The number of rotatable bonds is 4. The summed E-state index contributed by atoms with van der Waals surface area (Å²) in [5.41, 5.74) is 0. The fourth-order valence-electron chi connectivity index (χ4n) is 0.647. The molecule has 50 valence electrons. The Labute approximate surface area is 50.3 Å². The number of halogens is 1. The zero-order valence-corrected chi connectivity index (χ0v) is 5.58. The van der Waals surface area contributed by atoms with Gasteiger partial charge in [0.15, 0.2) is 0 Å². The molecule has 0 rings (SSSR count). The lowest BCUT2D eigenvalue weighted by atomic mass is 10.2. The molecular weight excluding hydrogens is 105 g/mol. The average molecular weight is 119 g/mol. The van der Waals surface area contributed by atoms with Crippen LogP contribution in [0, 0.1) is 0 Å². The molecule has 0 aliphatic rings. The van der Waals surface area contributed by atoms with Crippen molar-refractivity contribution in [1.29, 1.82) is 0 Å². The van der Waals surface area contributed by atoms with Crippen molar-refractivity contribution >= 4 is 0 Å². The first-order chi connectivity index (χ1) is 3.85. The van der Waals surface area contributed by atoms with Gasteiger partial charge in [-0.25, -0.2) is 4.39 Å². The SMILES string of the molecule is CCC[C@H](CF)NC. The quantitative estimate of drug-likeness (QED) is 0.589. The van der Waals surface area contributed by atoms with Gasteiger partial charge < -0.3 is 5.32 Å². The van der Waals surface area contributed by atoms with Crippen LogP contribution in [-0.2, 0) is 0 Å². The second-order valence-electron chi connectivity index (χ2n) is 1.93. The van der Waals surface area contributed by atoms with Gasteiger partial charge in [0.2, 0.25) is 0 Å². The number of hydrogen-bond donors (Lipinski definition) is 1. The maximum Gasteiger partial charge on any atom is 0.105 e. The molecule has 0 spiro atoms. The number of alkyl halides is 1. The van der Waals surface area contributed by atoms with E-state index in [1.54, 1.807) is 7.05 Å². The molecule has 0 aromatic rings. The molecule has 0 saturated carbocycles. The molecule has 0 aliphatic carbocycles. The van der Waals surface area contributed by atoms with E-state index in [0.717, 1.165) is 12.8 Å². The van der Waals surface area contributed by atoms with Crippen molar-refractivity contribution < 1.29 is 4.39 Å². The maximum absolute atomic E-state index is 11.8. The molecule has 0 heterocycles. The first-order valence-electron chi connectivity index (χ1n) is 3.08. The Morgan fingerprint density at radius 2 is 2.25 bits per heavy atom. The molecule has 1 N–H and O–H groups in total. The molecule has 0 bridgehead atoms. The molecule has 2 heteroatoms. The van der Waals surface area contributed by atoms with Gasteiger partial charge in [-0.3, -0.25) is 0 Å². The van der Waals surface area contributed by atoms with E-state index in [4.69, 9.17) is 0 Å². The Balaban J connectivity index is 3.07. The van der Waals surface area contributed by atoms with Gasteiger partial charge in [-0.15, -0.1) is 0 Å². The summed E-state index contributed by atoms with van der Waals surface area (Å²) in [4.78, 5) is 0. The van der Waals surface area contributed by atoms with E-state index in [9.17, 15) is 4.39 Å². The number of nitrogens with one attached hydrogen (secondary N) is 1. The molecule has 0 aromatic heterocycles. The van der Waals surface area contributed by atoms with Gasteiger partial charge in [-0.05, 0) is 13.5 Å². The molecule has 1 atom stereocenters. The van der Waals surface area contributed by atoms with Crippen molar-refractivity contribution in [3.63, 3.8) is 0 Å². The molecule has 0 radical (unpaired) electrons. The topological polar surface area (TPSA) is 12.0 Å². The molecule has 0 aliphatic heterocycles. The van der Waals surface area contributed by atoms with Crippen molar-refractivity contribution in [3.8, 4) is 0 Å². The largest absolute Gasteiger partial charge is 0.314 e. The first kappa shape index (κ1) is 7.89. The van der Waals surface area contributed by atoms with Gasteiger partial charge >= 0.3 is 0 Å². The zero-order valence-electron chi connectivity index (χ0n) is 5.58. The van der Waals surface area contributed by atoms with Gasteiger partial charge in [0.05, 0.1) is 0 Å². The van der Waals surface area contributed by atoms with Gasteiger partial charge in [0.1, 0.15) is 6.67 Å². The second-order valence-corrected chi connectivity index (χ2v) is 1.93. The van der Waals surface area contributed by atoms with Crippen LogP contribution in [0.2, 0.25) is 0 Å².